The number of carbonyl (C=O) groups excluding carboxylic acids is 1. The van der Waals surface area contributed by atoms with Crippen LogP contribution in [-0.2, 0) is 17.8 Å². The third-order valence-electron chi connectivity index (χ3n) is 4.64. The van der Waals surface area contributed by atoms with Crippen molar-refractivity contribution in [3.05, 3.63) is 86.3 Å². The van der Waals surface area contributed by atoms with Gasteiger partial charge < -0.3 is 5.32 Å². The molecule has 0 unspecified atom stereocenters. The Labute approximate surface area is 223 Å². The number of nitrogens with zero attached hydrogens (tertiary/aromatic N) is 4. The van der Waals surface area contributed by atoms with Gasteiger partial charge in [-0.05, 0) is 35.9 Å². The van der Waals surface area contributed by atoms with Gasteiger partial charge in [-0.3, -0.25) is 9.36 Å². The number of thiazole rings is 1. The van der Waals surface area contributed by atoms with Crippen molar-refractivity contribution >= 4 is 73.3 Å². The second kappa shape index (κ2) is 11.5. The normalized spacial score (nSPS) is 10.9. The van der Waals surface area contributed by atoms with Crippen LogP contribution in [0, 0.1) is 0 Å². The molecule has 4 rings (SSSR count). The van der Waals surface area contributed by atoms with E-state index in [2.05, 4.69) is 43.0 Å². The van der Waals surface area contributed by atoms with E-state index in [0.29, 0.717) is 33.3 Å². The van der Waals surface area contributed by atoms with E-state index in [1.54, 1.807) is 24.4 Å². The molecule has 34 heavy (non-hydrogen) atoms. The fraction of sp³-hybridized carbons (Fsp3) is 0.130. The second-order valence-corrected chi connectivity index (χ2v) is 10.9. The fourth-order valence-electron chi connectivity index (χ4n) is 3.10. The van der Waals surface area contributed by atoms with Crippen LogP contribution >= 0.6 is 62.2 Å². The van der Waals surface area contributed by atoms with Crippen molar-refractivity contribution in [2.75, 3.05) is 11.1 Å². The van der Waals surface area contributed by atoms with Gasteiger partial charge in [0.1, 0.15) is 0 Å². The summed E-state index contributed by atoms with van der Waals surface area (Å²) in [6, 6.07) is 13.2. The van der Waals surface area contributed by atoms with E-state index in [1.165, 1.54) is 23.1 Å². The number of amides is 1. The first-order valence-corrected chi connectivity index (χ1v) is 13.4. The van der Waals surface area contributed by atoms with Crippen LogP contribution in [0.25, 0.3) is 11.4 Å². The van der Waals surface area contributed by atoms with E-state index in [4.69, 9.17) is 23.2 Å². The van der Waals surface area contributed by atoms with Gasteiger partial charge in [-0.25, -0.2) is 4.98 Å². The van der Waals surface area contributed by atoms with Gasteiger partial charge in [-0.15, -0.1) is 28.1 Å². The SMILES string of the molecule is C=CCn1c(SCC(=O)Nc2ncc(Cc3cc(Cl)ccc3Cl)s2)nnc1-c1ccc(Br)cc1. The number of thioether (sulfide) groups is 1. The lowest BCUT2D eigenvalue weighted by Gasteiger charge is -2.08. The van der Waals surface area contributed by atoms with Gasteiger partial charge in [-0.2, -0.15) is 0 Å². The van der Waals surface area contributed by atoms with Crippen LogP contribution in [0.5, 0.6) is 0 Å². The minimum atomic E-state index is -0.176. The summed E-state index contributed by atoms with van der Waals surface area (Å²) in [5.41, 5.74) is 1.85. The predicted molar refractivity (Wildman–Crippen MR) is 144 cm³/mol. The molecule has 0 bridgehead atoms. The molecule has 0 atom stereocenters. The molecule has 0 radical (unpaired) electrons. The molecule has 2 aromatic carbocycles. The van der Waals surface area contributed by atoms with Crippen molar-refractivity contribution in [1.29, 1.82) is 0 Å². The van der Waals surface area contributed by atoms with Gasteiger partial charge in [0.25, 0.3) is 0 Å². The predicted octanol–water partition coefficient (Wildman–Crippen LogP) is 6.98. The quantitative estimate of drug-likeness (QED) is 0.167. The minimum Gasteiger partial charge on any atom is -0.301 e. The second-order valence-electron chi connectivity index (χ2n) is 7.09. The van der Waals surface area contributed by atoms with Crippen LogP contribution in [0.4, 0.5) is 5.13 Å². The Kier molecular flexibility index (Phi) is 8.44. The van der Waals surface area contributed by atoms with E-state index in [1.807, 2.05) is 34.9 Å². The summed E-state index contributed by atoms with van der Waals surface area (Å²) < 4.78 is 2.92. The summed E-state index contributed by atoms with van der Waals surface area (Å²) in [6.07, 6.45) is 4.10. The number of halogens is 3. The van der Waals surface area contributed by atoms with Gasteiger partial charge in [0.15, 0.2) is 16.1 Å². The summed E-state index contributed by atoms with van der Waals surface area (Å²) in [5, 5.41) is 13.9. The number of aromatic nitrogens is 4. The van der Waals surface area contributed by atoms with E-state index >= 15 is 0 Å². The number of hydrogen-bond acceptors (Lipinski definition) is 6. The molecule has 2 aromatic heterocycles. The lowest BCUT2D eigenvalue weighted by atomic mass is 10.1. The van der Waals surface area contributed by atoms with E-state index in [9.17, 15) is 4.79 Å². The van der Waals surface area contributed by atoms with Crippen LogP contribution in [-0.4, -0.2) is 31.4 Å². The largest absolute Gasteiger partial charge is 0.301 e. The van der Waals surface area contributed by atoms with Crippen molar-refractivity contribution in [3.63, 3.8) is 0 Å². The van der Waals surface area contributed by atoms with Gasteiger partial charge >= 0.3 is 0 Å². The Morgan fingerprint density at radius 2 is 2.00 bits per heavy atom. The summed E-state index contributed by atoms with van der Waals surface area (Å²) in [4.78, 5) is 17.8. The number of allylic oxidation sites excluding steroid dienone is 1. The summed E-state index contributed by atoms with van der Waals surface area (Å²) >= 11 is 18.5. The van der Waals surface area contributed by atoms with Gasteiger partial charge in [0.05, 0.1) is 5.75 Å². The first-order valence-electron chi connectivity index (χ1n) is 10.0. The molecule has 174 valence electrons. The maximum Gasteiger partial charge on any atom is 0.236 e. The first-order chi connectivity index (χ1) is 16.4. The number of benzene rings is 2. The first kappa shape index (κ1) is 24.9. The van der Waals surface area contributed by atoms with Crippen molar-refractivity contribution in [2.45, 2.75) is 18.1 Å². The number of anilines is 1. The molecule has 1 N–H and O–H groups in total. The maximum absolute atomic E-state index is 12.5. The molecular formula is C23H18BrCl2N5OS2. The molecule has 0 spiro atoms. The summed E-state index contributed by atoms with van der Waals surface area (Å²) in [5.74, 6) is 0.717. The highest BCUT2D eigenvalue weighted by Crippen LogP contribution is 2.28. The smallest absolute Gasteiger partial charge is 0.236 e. The number of rotatable bonds is 9. The Hall–Kier alpha value is -2.17. The molecular weight excluding hydrogens is 577 g/mol. The van der Waals surface area contributed by atoms with Crippen LogP contribution in [0.2, 0.25) is 10.0 Å². The number of nitrogens with one attached hydrogen (secondary N) is 1. The third kappa shape index (κ3) is 6.28. The van der Waals surface area contributed by atoms with Gasteiger partial charge in [-0.1, -0.05) is 69.1 Å². The van der Waals surface area contributed by atoms with Crippen molar-refractivity contribution in [2.24, 2.45) is 0 Å². The summed E-state index contributed by atoms with van der Waals surface area (Å²) in [6.45, 7) is 4.36. The zero-order valence-electron chi connectivity index (χ0n) is 17.7. The fourth-order valence-corrected chi connectivity index (χ4v) is 5.34. The van der Waals surface area contributed by atoms with E-state index in [0.717, 1.165) is 26.3 Å². The molecule has 0 aliphatic heterocycles. The Balaban J connectivity index is 1.38. The van der Waals surface area contributed by atoms with Crippen molar-refractivity contribution in [1.82, 2.24) is 19.7 Å². The van der Waals surface area contributed by atoms with Gasteiger partial charge in [0, 0.05) is 44.1 Å². The summed E-state index contributed by atoms with van der Waals surface area (Å²) in [7, 11) is 0. The molecule has 0 aliphatic carbocycles. The number of carbonyl (C=O) groups is 1. The molecule has 11 heteroatoms. The lowest BCUT2D eigenvalue weighted by molar-refractivity contribution is -0.113. The topological polar surface area (TPSA) is 72.7 Å². The zero-order valence-corrected chi connectivity index (χ0v) is 22.4. The van der Waals surface area contributed by atoms with E-state index in [-0.39, 0.29) is 11.7 Å². The van der Waals surface area contributed by atoms with Crippen LogP contribution in [0.15, 0.2) is 70.9 Å². The maximum atomic E-state index is 12.5. The third-order valence-corrected chi connectivity index (χ3v) is 7.65. The highest BCUT2D eigenvalue weighted by Gasteiger charge is 2.16. The lowest BCUT2D eigenvalue weighted by Crippen LogP contribution is -2.14. The van der Waals surface area contributed by atoms with E-state index < -0.39 is 0 Å². The molecule has 0 fully saturated rings. The average molecular weight is 595 g/mol. The number of hydrogen-bond donors (Lipinski definition) is 1. The Bertz CT molecular complexity index is 1320. The molecule has 0 saturated carbocycles. The molecule has 1 amide bonds. The van der Waals surface area contributed by atoms with Gasteiger partial charge in [0.2, 0.25) is 5.91 Å². The average Bonchev–Trinajstić information content (AvgIpc) is 3.42. The van der Waals surface area contributed by atoms with Crippen LogP contribution < -0.4 is 5.32 Å². The Morgan fingerprint density at radius 3 is 2.76 bits per heavy atom. The Morgan fingerprint density at radius 1 is 1.21 bits per heavy atom. The van der Waals surface area contributed by atoms with Crippen LogP contribution in [0.3, 0.4) is 0 Å². The molecule has 0 aliphatic rings. The minimum absolute atomic E-state index is 0.171. The standard InChI is InChI=1S/C23H18BrCl2N5OS2/c1-2-9-31-21(14-3-5-16(24)6-4-14)29-30-23(31)33-13-20(32)28-22-27-12-18(34-22)11-15-10-17(25)7-8-19(15)26/h2-8,10,12H,1,9,11,13H2,(H,27,28,32). The molecule has 6 nitrogen and oxygen atoms in total. The molecule has 2 heterocycles. The monoisotopic (exact) mass is 593 g/mol. The van der Waals surface area contributed by atoms with Crippen LogP contribution in [0.1, 0.15) is 10.4 Å². The van der Waals surface area contributed by atoms with Crippen molar-refractivity contribution < 1.29 is 4.79 Å². The zero-order chi connectivity index (χ0) is 24.1. The van der Waals surface area contributed by atoms with Crippen molar-refractivity contribution in [3.8, 4) is 11.4 Å². The highest BCUT2D eigenvalue weighted by molar-refractivity contribution is 9.10. The molecule has 4 aromatic rings. The highest BCUT2D eigenvalue weighted by atomic mass is 79.9. The molecule has 0 saturated heterocycles.